The van der Waals surface area contributed by atoms with Crippen molar-refractivity contribution in [3.8, 4) is 17.2 Å². The lowest BCUT2D eigenvalue weighted by atomic mass is 10.2. The fraction of sp³-hybridized carbons (Fsp3) is 0.115. The number of fused-ring (bicyclic) bond motifs is 3. The minimum absolute atomic E-state index is 0.0905. The van der Waals surface area contributed by atoms with Gasteiger partial charge in [0.05, 0.1) is 18.6 Å². The molecule has 194 valence electrons. The quantitative estimate of drug-likeness (QED) is 0.209. The van der Waals surface area contributed by atoms with Gasteiger partial charge in [-0.15, -0.1) is 13.2 Å². The lowest BCUT2D eigenvalue weighted by Crippen LogP contribution is -2.23. The first-order valence-corrected chi connectivity index (χ1v) is 12.2. The van der Waals surface area contributed by atoms with E-state index in [0.717, 1.165) is 29.3 Å². The van der Waals surface area contributed by atoms with Crippen molar-refractivity contribution >= 4 is 45.3 Å². The predicted molar refractivity (Wildman–Crippen MR) is 138 cm³/mol. The molecule has 0 radical (unpaired) electrons. The number of carbonyl (C=O) groups is 1. The summed E-state index contributed by atoms with van der Waals surface area (Å²) in [6.45, 7) is 0. The van der Waals surface area contributed by atoms with Crippen LogP contribution in [-0.4, -0.2) is 39.7 Å². The molecule has 8 nitrogen and oxygen atoms in total. The van der Waals surface area contributed by atoms with Crippen molar-refractivity contribution in [3.63, 3.8) is 0 Å². The van der Waals surface area contributed by atoms with Gasteiger partial charge in [-0.05, 0) is 42.5 Å². The summed E-state index contributed by atoms with van der Waals surface area (Å²) in [7, 11) is 1.52. The summed E-state index contributed by atoms with van der Waals surface area (Å²) < 4.78 is 48.2. The zero-order valence-electron chi connectivity index (χ0n) is 19.7. The number of nitrogens with zero attached hydrogens (tertiary/aromatic N) is 2. The number of H-pyrrole nitrogens is 1. The van der Waals surface area contributed by atoms with Crippen LogP contribution in [0.4, 0.5) is 18.9 Å². The highest BCUT2D eigenvalue weighted by Crippen LogP contribution is 2.28. The Kier molecular flexibility index (Phi) is 6.72. The number of para-hydroxylation sites is 1. The van der Waals surface area contributed by atoms with Crippen molar-refractivity contribution in [2.75, 3.05) is 18.2 Å². The average Bonchev–Trinajstić information content (AvgIpc) is 3.26. The summed E-state index contributed by atoms with van der Waals surface area (Å²) in [5.74, 6) is -0.293. The Morgan fingerprint density at radius 2 is 1.82 bits per heavy atom. The van der Waals surface area contributed by atoms with E-state index in [9.17, 15) is 22.8 Å². The van der Waals surface area contributed by atoms with Crippen molar-refractivity contribution in [1.29, 1.82) is 0 Å². The SMILES string of the molecule is COc1cccc(NC(=O)CSc2nc3c([nH]c4ccccc43)c(=O)n2-c2ccc(OC(F)(F)F)cc2)c1. The van der Waals surface area contributed by atoms with Crippen LogP contribution < -0.4 is 20.3 Å². The van der Waals surface area contributed by atoms with Gasteiger partial charge in [-0.25, -0.2) is 4.98 Å². The van der Waals surface area contributed by atoms with Crippen molar-refractivity contribution < 1.29 is 27.4 Å². The van der Waals surface area contributed by atoms with Crippen LogP contribution in [0, 0.1) is 0 Å². The van der Waals surface area contributed by atoms with E-state index in [4.69, 9.17) is 4.74 Å². The zero-order valence-corrected chi connectivity index (χ0v) is 20.5. The number of amides is 1. The number of thioether (sulfide) groups is 1. The Bertz CT molecular complexity index is 1700. The maximum Gasteiger partial charge on any atom is 0.573 e. The van der Waals surface area contributed by atoms with Crippen molar-refractivity contribution in [2.45, 2.75) is 11.5 Å². The number of benzene rings is 3. The van der Waals surface area contributed by atoms with Crippen LogP contribution >= 0.6 is 11.8 Å². The van der Waals surface area contributed by atoms with E-state index in [-0.39, 0.29) is 28.0 Å². The van der Waals surface area contributed by atoms with E-state index in [2.05, 4.69) is 20.0 Å². The molecule has 1 amide bonds. The summed E-state index contributed by atoms with van der Waals surface area (Å²) >= 11 is 1.02. The van der Waals surface area contributed by atoms with Crippen LogP contribution in [0.15, 0.2) is 82.7 Å². The van der Waals surface area contributed by atoms with Gasteiger partial charge in [0.1, 0.15) is 22.5 Å². The molecule has 3 aromatic carbocycles. The molecule has 0 saturated heterocycles. The summed E-state index contributed by atoms with van der Waals surface area (Å²) in [5, 5.41) is 3.69. The molecule has 5 aromatic rings. The summed E-state index contributed by atoms with van der Waals surface area (Å²) in [4.78, 5) is 34.0. The Labute approximate surface area is 217 Å². The minimum Gasteiger partial charge on any atom is -0.497 e. The lowest BCUT2D eigenvalue weighted by Gasteiger charge is -2.14. The number of methoxy groups -OCH3 is 1. The van der Waals surface area contributed by atoms with E-state index < -0.39 is 17.7 Å². The predicted octanol–water partition coefficient (Wildman–Crippen LogP) is 5.51. The highest BCUT2D eigenvalue weighted by molar-refractivity contribution is 7.99. The van der Waals surface area contributed by atoms with Crippen LogP contribution in [-0.2, 0) is 4.79 Å². The smallest absolute Gasteiger partial charge is 0.497 e. The Hall–Kier alpha value is -4.45. The van der Waals surface area contributed by atoms with Gasteiger partial charge in [-0.1, -0.05) is 36.0 Å². The number of alkyl halides is 3. The first-order valence-electron chi connectivity index (χ1n) is 11.2. The molecular formula is C26H19F3N4O4S. The van der Waals surface area contributed by atoms with Crippen LogP contribution in [0.25, 0.3) is 27.6 Å². The molecule has 0 spiro atoms. The number of aromatic amines is 1. The van der Waals surface area contributed by atoms with E-state index in [1.165, 1.54) is 23.8 Å². The topological polar surface area (TPSA) is 98.2 Å². The van der Waals surface area contributed by atoms with Gasteiger partial charge in [0.25, 0.3) is 5.56 Å². The standard InChI is InChI=1S/C26H19F3N4O4S/c1-36-18-6-4-5-15(13-18)30-21(34)14-38-25-32-22-19-7-2-3-8-20(19)31-23(22)24(35)33(25)16-9-11-17(12-10-16)37-26(27,28)29/h2-13,31H,14H2,1H3,(H,30,34). The van der Waals surface area contributed by atoms with E-state index in [1.807, 2.05) is 18.2 Å². The zero-order chi connectivity index (χ0) is 26.9. The first-order chi connectivity index (χ1) is 18.2. The van der Waals surface area contributed by atoms with Crippen LogP contribution in [0.5, 0.6) is 11.5 Å². The third kappa shape index (κ3) is 5.30. The second-order valence-corrected chi connectivity index (χ2v) is 8.98. The number of halogens is 3. The average molecular weight is 541 g/mol. The second kappa shape index (κ2) is 10.1. The molecule has 0 aliphatic heterocycles. The molecular weight excluding hydrogens is 521 g/mol. The Balaban J connectivity index is 1.52. The van der Waals surface area contributed by atoms with Crippen molar-refractivity contribution in [3.05, 3.63) is 83.2 Å². The highest BCUT2D eigenvalue weighted by atomic mass is 32.2. The number of hydrogen-bond donors (Lipinski definition) is 2. The highest BCUT2D eigenvalue weighted by Gasteiger charge is 2.31. The molecule has 2 aromatic heterocycles. The normalized spacial score (nSPS) is 11.6. The fourth-order valence-electron chi connectivity index (χ4n) is 3.89. The summed E-state index contributed by atoms with van der Waals surface area (Å²) in [6.07, 6.45) is -4.85. The van der Waals surface area contributed by atoms with E-state index in [1.54, 1.807) is 30.3 Å². The number of nitrogens with one attached hydrogen (secondary N) is 2. The number of carbonyl (C=O) groups excluding carboxylic acids is 1. The second-order valence-electron chi connectivity index (χ2n) is 8.04. The largest absolute Gasteiger partial charge is 0.573 e. The van der Waals surface area contributed by atoms with Crippen LogP contribution in [0.1, 0.15) is 0 Å². The molecule has 5 rings (SSSR count). The van der Waals surface area contributed by atoms with E-state index in [0.29, 0.717) is 22.5 Å². The lowest BCUT2D eigenvalue weighted by molar-refractivity contribution is -0.274. The molecule has 0 unspecified atom stereocenters. The van der Waals surface area contributed by atoms with E-state index >= 15 is 0 Å². The van der Waals surface area contributed by atoms with Crippen molar-refractivity contribution in [2.24, 2.45) is 0 Å². The van der Waals surface area contributed by atoms with Gasteiger partial charge < -0.3 is 19.8 Å². The van der Waals surface area contributed by atoms with Crippen molar-refractivity contribution in [1.82, 2.24) is 14.5 Å². The molecule has 38 heavy (non-hydrogen) atoms. The first kappa shape index (κ1) is 25.2. The summed E-state index contributed by atoms with van der Waals surface area (Å²) in [5.41, 5.74) is 1.68. The number of hydrogen-bond acceptors (Lipinski definition) is 6. The molecule has 2 heterocycles. The molecule has 0 aliphatic rings. The number of aromatic nitrogens is 3. The maximum absolute atomic E-state index is 13.6. The summed E-state index contributed by atoms with van der Waals surface area (Å²) in [6, 6.07) is 19.0. The minimum atomic E-state index is -4.85. The number of anilines is 1. The van der Waals surface area contributed by atoms with Crippen LogP contribution in [0.2, 0.25) is 0 Å². The third-order valence-corrected chi connectivity index (χ3v) is 6.45. The van der Waals surface area contributed by atoms with Gasteiger partial charge in [0.15, 0.2) is 5.16 Å². The Morgan fingerprint density at radius 1 is 1.05 bits per heavy atom. The molecule has 12 heteroatoms. The third-order valence-electron chi connectivity index (χ3n) is 5.51. The molecule has 0 atom stereocenters. The van der Waals surface area contributed by atoms with Gasteiger partial charge in [-0.3, -0.25) is 14.2 Å². The Morgan fingerprint density at radius 3 is 2.55 bits per heavy atom. The fourth-order valence-corrected chi connectivity index (χ4v) is 4.70. The van der Waals surface area contributed by atoms with Crippen LogP contribution in [0.3, 0.4) is 0 Å². The molecule has 0 aliphatic carbocycles. The molecule has 0 fully saturated rings. The van der Waals surface area contributed by atoms with Gasteiger partial charge in [-0.2, -0.15) is 0 Å². The number of ether oxygens (including phenoxy) is 2. The van der Waals surface area contributed by atoms with Gasteiger partial charge in [0.2, 0.25) is 5.91 Å². The number of rotatable bonds is 7. The molecule has 0 bridgehead atoms. The van der Waals surface area contributed by atoms with Gasteiger partial charge >= 0.3 is 6.36 Å². The monoisotopic (exact) mass is 540 g/mol. The molecule has 2 N–H and O–H groups in total. The molecule has 0 saturated carbocycles. The van der Waals surface area contributed by atoms with Gasteiger partial charge in [0, 0.05) is 22.7 Å². The maximum atomic E-state index is 13.6.